The Balaban J connectivity index is 1.75. The SMILES string of the molecule is CS(=O)(=O)N[C@@H]1[C@@H]2CC[C@H]1CN(c1nnc(Br)s1)C2. The summed E-state index contributed by atoms with van der Waals surface area (Å²) in [4.78, 5) is 2.23. The molecule has 2 aliphatic rings. The number of halogens is 1. The van der Waals surface area contributed by atoms with Gasteiger partial charge in [-0.2, -0.15) is 0 Å². The van der Waals surface area contributed by atoms with Gasteiger partial charge in [0.25, 0.3) is 0 Å². The molecule has 1 saturated carbocycles. The zero-order valence-corrected chi connectivity index (χ0v) is 13.6. The van der Waals surface area contributed by atoms with Crippen molar-refractivity contribution in [1.82, 2.24) is 14.9 Å². The Labute approximate surface area is 124 Å². The average Bonchev–Trinajstić information content (AvgIpc) is 2.80. The van der Waals surface area contributed by atoms with Crippen LogP contribution in [0.5, 0.6) is 0 Å². The Kier molecular flexibility index (Phi) is 3.57. The maximum atomic E-state index is 11.4. The minimum atomic E-state index is -3.13. The third kappa shape index (κ3) is 2.93. The highest BCUT2D eigenvalue weighted by atomic mass is 79.9. The highest BCUT2D eigenvalue weighted by Crippen LogP contribution is 2.39. The van der Waals surface area contributed by atoms with Crippen molar-refractivity contribution in [2.45, 2.75) is 18.9 Å². The highest BCUT2D eigenvalue weighted by Gasteiger charge is 2.43. The number of hydrogen-bond donors (Lipinski definition) is 1. The number of aromatic nitrogens is 2. The number of hydrogen-bond acceptors (Lipinski definition) is 6. The molecule has 1 saturated heterocycles. The Morgan fingerprint density at radius 2 is 1.95 bits per heavy atom. The highest BCUT2D eigenvalue weighted by molar-refractivity contribution is 9.11. The lowest BCUT2D eigenvalue weighted by molar-refractivity contribution is 0.331. The largest absolute Gasteiger partial charge is 0.346 e. The van der Waals surface area contributed by atoms with Gasteiger partial charge >= 0.3 is 0 Å². The van der Waals surface area contributed by atoms with Gasteiger partial charge in [-0.15, -0.1) is 10.2 Å². The number of nitrogens with one attached hydrogen (secondary N) is 1. The van der Waals surface area contributed by atoms with Gasteiger partial charge in [0, 0.05) is 19.1 Å². The second-order valence-electron chi connectivity index (χ2n) is 5.26. The molecule has 106 valence electrons. The second-order valence-corrected chi connectivity index (χ2v) is 9.27. The molecule has 2 heterocycles. The molecular formula is C10H15BrN4O2S2. The van der Waals surface area contributed by atoms with Crippen LogP contribution in [0.4, 0.5) is 5.13 Å². The third-order valence-corrected chi connectivity index (χ3v) is 5.96. The summed E-state index contributed by atoms with van der Waals surface area (Å²) in [5.74, 6) is 0.743. The number of piperidine rings is 1. The molecule has 1 aliphatic heterocycles. The topological polar surface area (TPSA) is 75.2 Å². The average molecular weight is 367 g/mol. The number of sulfonamides is 1. The van der Waals surface area contributed by atoms with Crippen molar-refractivity contribution in [3.05, 3.63) is 3.92 Å². The zero-order chi connectivity index (χ0) is 13.6. The fourth-order valence-corrected chi connectivity index (χ4v) is 5.13. The zero-order valence-electron chi connectivity index (χ0n) is 10.4. The predicted molar refractivity (Wildman–Crippen MR) is 77.8 cm³/mol. The van der Waals surface area contributed by atoms with E-state index in [1.807, 2.05) is 0 Å². The smallest absolute Gasteiger partial charge is 0.209 e. The fraction of sp³-hybridized carbons (Fsp3) is 0.800. The van der Waals surface area contributed by atoms with Gasteiger partial charge in [-0.1, -0.05) is 11.3 Å². The lowest BCUT2D eigenvalue weighted by Crippen LogP contribution is -2.52. The van der Waals surface area contributed by atoms with E-state index in [1.165, 1.54) is 17.6 Å². The van der Waals surface area contributed by atoms with Crippen LogP contribution in [-0.2, 0) is 10.0 Å². The molecule has 2 bridgehead atoms. The molecule has 9 heteroatoms. The van der Waals surface area contributed by atoms with E-state index in [4.69, 9.17) is 0 Å². The molecule has 1 aromatic rings. The van der Waals surface area contributed by atoms with E-state index in [1.54, 1.807) is 0 Å². The quantitative estimate of drug-likeness (QED) is 0.865. The Hall–Kier alpha value is -0.250. The van der Waals surface area contributed by atoms with E-state index in [0.29, 0.717) is 11.8 Å². The van der Waals surface area contributed by atoms with E-state index in [-0.39, 0.29) is 6.04 Å². The Morgan fingerprint density at radius 1 is 1.32 bits per heavy atom. The van der Waals surface area contributed by atoms with Crippen molar-refractivity contribution >= 4 is 42.4 Å². The van der Waals surface area contributed by atoms with Crippen molar-refractivity contribution in [3.8, 4) is 0 Å². The molecule has 0 amide bonds. The van der Waals surface area contributed by atoms with E-state index >= 15 is 0 Å². The number of anilines is 1. The van der Waals surface area contributed by atoms with Gasteiger partial charge in [0.15, 0.2) is 3.92 Å². The van der Waals surface area contributed by atoms with Crippen LogP contribution in [0.25, 0.3) is 0 Å². The van der Waals surface area contributed by atoms with Crippen LogP contribution in [0.15, 0.2) is 3.92 Å². The maximum Gasteiger partial charge on any atom is 0.209 e. The Morgan fingerprint density at radius 3 is 2.42 bits per heavy atom. The van der Waals surface area contributed by atoms with Crippen LogP contribution in [-0.4, -0.2) is 44.0 Å². The van der Waals surface area contributed by atoms with Gasteiger partial charge in [-0.3, -0.25) is 0 Å². The van der Waals surface area contributed by atoms with Crippen LogP contribution >= 0.6 is 27.3 Å². The van der Waals surface area contributed by atoms with Crippen molar-refractivity contribution in [2.24, 2.45) is 11.8 Å². The molecule has 1 aliphatic carbocycles. The van der Waals surface area contributed by atoms with E-state index in [2.05, 4.69) is 35.7 Å². The Bertz CT molecular complexity index is 562. The van der Waals surface area contributed by atoms with Crippen molar-refractivity contribution in [3.63, 3.8) is 0 Å². The van der Waals surface area contributed by atoms with Crippen LogP contribution < -0.4 is 9.62 Å². The monoisotopic (exact) mass is 366 g/mol. The van der Waals surface area contributed by atoms with Crippen LogP contribution in [0.1, 0.15) is 12.8 Å². The van der Waals surface area contributed by atoms with Crippen molar-refractivity contribution in [2.75, 3.05) is 24.2 Å². The van der Waals surface area contributed by atoms with Gasteiger partial charge in [0.05, 0.1) is 6.26 Å². The molecule has 0 aromatic carbocycles. The second kappa shape index (κ2) is 4.94. The fourth-order valence-electron chi connectivity index (χ4n) is 3.14. The summed E-state index contributed by atoms with van der Waals surface area (Å²) in [7, 11) is -3.13. The van der Waals surface area contributed by atoms with Gasteiger partial charge in [0.2, 0.25) is 15.2 Å². The van der Waals surface area contributed by atoms with Crippen LogP contribution in [0, 0.1) is 11.8 Å². The first-order valence-corrected chi connectivity index (χ1v) is 9.64. The van der Waals surface area contributed by atoms with E-state index in [9.17, 15) is 8.42 Å². The third-order valence-electron chi connectivity index (χ3n) is 3.84. The van der Waals surface area contributed by atoms with Crippen LogP contribution in [0.2, 0.25) is 0 Å². The molecule has 0 spiro atoms. The van der Waals surface area contributed by atoms with Gasteiger partial charge < -0.3 is 4.90 Å². The van der Waals surface area contributed by atoms with Gasteiger partial charge in [-0.25, -0.2) is 13.1 Å². The lowest BCUT2D eigenvalue weighted by Gasteiger charge is -2.37. The molecule has 6 nitrogen and oxygen atoms in total. The molecule has 0 radical (unpaired) electrons. The van der Waals surface area contributed by atoms with Gasteiger partial charge in [-0.05, 0) is 40.6 Å². The molecule has 0 unspecified atom stereocenters. The summed E-state index contributed by atoms with van der Waals surface area (Å²) in [6.07, 6.45) is 3.39. The molecule has 19 heavy (non-hydrogen) atoms. The molecule has 1 aromatic heterocycles. The summed E-state index contributed by atoms with van der Waals surface area (Å²) in [6, 6.07) is 0.0858. The molecule has 3 rings (SSSR count). The molecule has 1 N–H and O–H groups in total. The first-order chi connectivity index (χ1) is 8.92. The minimum Gasteiger partial charge on any atom is -0.346 e. The van der Waals surface area contributed by atoms with Crippen LogP contribution in [0.3, 0.4) is 0 Å². The van der Waals surface area contributed by atoms with E-state index in [0.717, 1.165) is 35.0 Å². The summed E-state index contributed by atoms with van der Waals surface area (Å²) in [5, 5.41) is 9.04. The minimum absolute atomic E-state index is 0.0858. The molecule has 3 atom stereocenters. The summed E-state index contributed by atoms with van der Waals surface area (Å²) in [6.45, 7) is 1.70. The maximum absolute atomic E-state index is 11.4. The normalized spacial score (nSPS) is 30.8. The first kappa shape index (κ1) is 13.7. The molecule has 2 fully saturated rings. The number of nitrogens with zero attached hydrogens (tertiary/aromatic N) is 3. The lowest BCUT2D eigenvalue weighted by atomic mass is 9.93. The summed E-state index contributed by atoms with van der Waals surface area (Å²) in [5.41, 5.74) is 0. The number of rotatable bonds is 3. The van der Waals surface area contributed by atoms with Crippen molar-refractivity contribution in [1.29, 1.82) is 0 Å². The molecular weight excluding hydrogens is 352 g/mol. The predicted octanol–water partition coefficient (Wildman–Crippen LogP) is 1.06. The number of fused-ring (bicyclic) bond motifs is 2. The summed E-state index contributed by atoms with van der Waals surface area (Å²) >= 11 is 4.85. The van der Waals surface area contributed by atoms with Crippen molar-refractivity contribution < 1.29 is 8.42 Å². The van der Waals surface area contributed by atoms with Gasteiger partial charge in [0.1, 0.15) is 0 Å². The standard InChI is InChI=1S/C10H15BrN4O2S2/c1-19(16,17)14-8-6-2-3-7(8)5-15(4-6)10-13-12-9(11)18-10/h6-8,14H,2-5H2,1H3/t6-,7+,8-. The first-order valence-electron chi connectivity index (χ1n) is 6.13. The summed E-state index contributed by atoms with van der Waals surface area (Å²) < 4.78 is 26.4. The van der Waals surface area contributed by atoms with E-state index < -0.39 is 10.0 Å².